The molecule has 0 atom stereocenters. The fraction of sp³-hybridized carbons (Fsp3) is 0.143. The second-order valence-electron chi connectivity index (χ2n) is 7.02. The molecule has 0 radical (unpaired) electrons. The first-order chi connectivity index (χ1) is 14.8. The van der Waals surface area contributed by atoms with Gasteiger partial charge in [0, 0.05) is 35.2 Å². The standard InChI is InChI=1S/C21H16N8S/c1-5-15-16(6-1)30-20-17(15)19(27-18(28-20)13-4-2-7-22-10-13)26-14-11-25-29(12-14)21-23-8-3-9-24-21/h2-4,7-12H,1,5-6H2,(H,26,27,28). The van der Waals surface area contributed by atoms with Gasteiger partial charge in [0.15, 0.2) is 5.82 Å². The summed E-state index contributed by atoms with van der Waals surface area (Å²) in [5.74, 6) is 1.98. The molecule has 0 saturated carbocycles. The summed E-state index contributed by atoms with van der Waals surface area (Å²) in [6.45, 7) is 0. The zero-order valence-electron chi connectivity index (χ0n) is 15.9. The Morgan fingerprint density at radius 3 is 2.80 bits per heavy atom. The monoisotopic (exact) mass is 412 g/mol. The van der Waals surface area contributed by atoms with E-state index < -0.39 is 0 Å². The fourth-order valence-electron chi connectivity index (χ4n) is 3.75. The Balaban J connectivity index is 1.46. The van der Waals surface area contributed by atoms with Crippen molar-refractivity contribution < 1.29 is 0 Å². The molecule has 146 valence electrons. The summed E-state index contributed by atoms with van der Waals surface area (Å²) < 4.78 is 1.64. The van der Waals surface area contributed by atoms with E-state index in [-0.39, 0.29) is 0 Å². The number of aromatic nitrogens is 7. The average molecular weight is 412 g/mol. The molecule has 1 aliphatic rings. The number of thiophene rings is 1. The molecule has 0 aliphatic heterocycles. The number of hydrogen-bond donors (Lipinski definition) is 1. The molecule has 0 amide bonds. The molecule has 0 bridgehead atoms. The summed E-state index contributed by atoms with van der Waals surface area (Å²) in [5, 5.41) is 8.96. The van der Waals surface area contributed by atoms with E-state index in [2.05, 4.69) is 25.4 Å². The molecule has 1 N–H and O–H groups in total. The molecule has 9 heteroatoms. The largest absolute Gasteiger partial charge is 0.337 e. The lowest BCUT2D eigenvalue weighted by Gasteiger charge is -2.09. The highest BCUT2D eigenvalue weighted by Gasteiger charge is 2.23. The molecule has 8 nitrogen and oxygen atoms in total. The Labute approximate surface area is 175 Å². The summed E-state index contributed by atoms with van der Waals surface area (Å²) in [4.78, 5) is 24.9. The molecule has 0 unspecified atom stereocenters. The topological polar surface area (TPSA) is 94.3 Å². The Bertz CT molecular complexity index is 1340. The first-order valence-corrected chi connectivity index (χ1v) is 10.5. The summed E-state index contributed by atoms with van der Waals surface area (Å²) in [5.41, 5.74) is 3.08. The Hall–Kier alpha value is -3.72. The van der Waals surface area contributed by atoms with Crippen LogP contribution in [0.4, 0.5) is 11.5 Å². The number of nitrogens with one attached hydrogen (secondary N) is 1. The van der Waals surface area contributed by atoms with Crippen LogP contribution in [-0.4, -0.2) is 34.7 Å². The highest BCUT2D eigenvalue weighted by Crippen LogP contribution is 2.41. The number of rotatable bonds is 4. The van der Waals surface area contributed by atoms with Crippen LogP contribution in [0.3, 0.4) is 0 Å². The molecule has 0 fully saturated rings. The maximum atomic E-state index is 4.87. The van der Waals surface area contributed by atoms with Crippen molar-refractivity contribution in [2.45, 2.75) is 19.3 Å². The number of pyridine rings is 1. The molecule has 6 rings (SSSR count). The van der Waals surface area contributed by atoms with Crippen molar-refractivity contribution in [2.24, 2.45) is 0 Å². The lowest BCUT2D eigenvalue weighted by Crippen LogP contribution is -2.00. The summed E-state index contributed by atoms with van der Waals surface area (Å²) in [7, 11) is 0. The zero-order valence-corrected chi connectivity index (χ0v) is 16.7. The van der Waals surface area contributed by atoms with Crippen molar-refractivity contribution in [3.63, 3.8) is 0 Å². The van der Waals surface area contributed by atoms with Gasteiger partial charge in [0.2, 0.25) is 5.95 Å². The van der Waals surface area contributed by atoms with Crippen molar-refractivity contribution >= 4 is 33.1 Å². The van der Waals surface area contributed by atoms with E-state index in [1.807, 2.05) is 18.3 Å². The van der Waals surface area contributed by atoms with Crippen LogP contribution in [0.1, 0.15) is 16.9 Å². The smallest absolute Gasteiger partial charge is 0.250 e. The Morgan fingerprint density at radius 2 is 1.93 bits per heavy atom. The van der Waals surface area contributed by atoms with Crippen LogP contribution >= 0.6 is 11.3 Å². The number of hydrogen-bond acceptors (Lipinski definition) is 8. The number of fused-ring (bicyclic) bond motifs is 3. The van der Waals surface area contributed by atoms with Crippen molar-refractivity contribution in [3.8, 4) is 17.3 Å². The van der Waals surface area contributed by atoms with Gasteiger partial charge in [-0.15, -0.1) is 11.3 Å². The van der Waals surface area contributed by atoms with Gasteiger partial charge in [-0.2, -0.15) is 5.10 Å². The van der Waals surface area contributed by atoms with Gasteiger partial charge in [-0.3, -0.25) is 4.98 Å². The number of aryl methyl sites for hydroxylation is 2. The Kier molecular flexibility index (Phi) is 3.98. The molecule has 5 aromatic heterocycles. The van der Waals surface area contributed by atoms with Crippen LogP contribution in [-0.2, 0) is 12.8 Å². The summed E-state index contributed by atoms with van der Waals surface area (Å²) in [6.07, 6.45) is 13.9. The number of nitrogens with zero attached hydrogens (tertiary/aromatic N) is 7. The van der Waals surface area contributed by atoms with E-state index in [9.17, 15) is 0 Å². The van der Waals surface area contributed by atoms with E-state index in [0.29, 0.717) is 11.8 Å². The van der Waals surface area contributed by atoms with Crippen molar-refractivity contribution in [1.82, 2.24) is 34.7 Å². The van der Waals surface area contributed by atoms with Crippen LogP contribution < -0.4 is 5.32 Å². The molecule has 5 heterocycles. The van der Waals surface area contributed by atoms with E-state index in [1.54, 1.807) is 53.1 Å². The van der Waals surface area contributed by atoms with Crippen LogP contribution in [0.15, 0.2) is 55.4 Å². The van der Waals surface area contributed by atoms with Crippen molar-refractivity contribution in [3.05, 3.63) is 65.8 Å². The number of anilines is 2. The first kappa shape index (κ1) is 17.2. The summed E-state index contributed by atoms with van der Waals surface area (Å²) in [6, 6.07) is 5.65. The molecule has 30 heavy (non-hydrogen) atoms. The van der Waals surface area contributed by atoms with Gasteiger partial charge in [-0.1, -0.05) is 0 Å². The van der Waals surface area contributed by atoms with Gasteiger partial charge >= 0.3 is 0 Å². The molecule has 0 saturated heterocycles. The van der Waals surface area contributed by atoms with Gasteiger partial charge in [-0.25, -0.2) is 24.6 Å². The minimum Gasteiger partial charge on any atom is -0.337 e. The van der Waals surface area contributed by atoms with E-state index in [1.165, 1.54) is 16.9 Å². The third kappa shape index (κ3) is 2.91. The fourth-order valence-corrected chi connectivity index (χ4v) is 5.01. The third-order valence-electron chi connectivity index (χ3n) is 5.09. The molecule has 0 aromatic carbocycles. The molecular weight excluding hydrogens is 396 g/mol. The van der Waals surface area contributed by atoms with Gasteiger partial charge < -0.3 is 5.32 Å². The second-order valence-corrected chi connectivity index (χ2v) is 8.11. The molecule has 5 aromatic rings. The van der Waals surface area contributed by atoms with E-state index in [0.717, 1.165) is 40.1 Å². The first-order valence-electron chi connectivity index (χ1n) is 9.67. The predicted molar refractivity (Wildman–Crippen MR) is 115 cm³/mol. The summed E-state index contributed by atoms with van der Waals surface area (Å²) >= 11 is 1.77. The maximum Gasteiger partial charge on any atom is 0.250 e. The van der Waals surface area contributed by atoms with Gasteiger partial charge in [0.05, 0.1) is 23.5 Å². The maximum absolute atomic E-state index is 4.87. The van der Waals surface area contributed by atoms with Gasteiger partial charge in [0.25, 0.3) is 0 Å². The minimum atomic E-state index is 0.519. The van der Waals surface area contributed by atoms with Crippen molar-refractivity contribution in [1.29, 1.82) is 0 Å². The van der Waals surface area contributed by atoms with Gasteiger partial charge in [0.1, 0.15) is 10.6 Å². The quantitative estimate of drug-likeness (QED) is 0.477. The Morgan fingerprint density at radius 1 is 1.00 bits per heavy atom. The lowest BCUT2D eigenvalue weighted by molar-refractivity contribution is 0.808. The minimum absolute atomic E-state index is 0.519. The van der Waals surface area contributed by atoms with Crippen LogP contribution in [0, 0.1) is 0 Å². The van der Waals surface area contributed by atoms with E-state index in [4.69, 9.17) is 9.97 Å². The second kappa shape index (κ2) is 6.96. The molecule has 0 spiro atoms. The highest BCUT2D eigenvalue weighted by molar-refractivity contribution is 7.19. The zero-order chi connectivity index (χ0) is 19.9. The normalized spacial score (nSPS) is 12.9. The lowest BCUT2D eigenvalue weighted by atomic mass is 10.2. The molecular formula is C21H16N8S. The SMILES string of the molecule is c1cnc(-n2cc(Nc3nc(-c4cccnc4)nc4sc5c(c34)CCC5)cn2)nc1. The van der Waals surface area contributed by atoms with Crippen LogP contribution in [0.25, 0.3) is 27.6 Å². The van der Waals surface area contributed by atoms with Crippen molar-refractivity contribution in [2.75, 3.05) is 5.32 Å². The van der Waals surface area contributed by atoms with E-state index >= 15 is 0 Å². The van der Waals surface area contributed by atoms with Crippen LogP contribution in [0.2, 0.25) is 0 Å². The highest BCUT2D eigenvalue weighted by atomic mass is 32.1. The molecule has 1 aliphatic carbocycles. The predicted octanol–water partition coefficient (Wildman–Crippen LogP) is 3.96. The van der Waals surface area contributed by atoms with Gasteiger partial charge in [-0.05, 0) is 43.0 Å². The average Bonchev–Trinajstić information content (AvgIpc) is 3.51. The third-order valence-corrected chi connectivity index (χ3v) is 6.27. The van der Waals surface area contributed by atoms with Crippen LogP contribution in [0.5, 0.6) is 0 Å².